The molecule has 2 nitrogen and oxygen atoms in total. The third-order valence-corrected chi connectivity index (χ3v) is 6.22. The molecular weight excluding hydrogens is 258 g/mol. The van der Waals surface area contributed by atoms with E-state index in [-0.39, 0.29) is 23.2 Å². The van der Waals surface area contributed by atoms with Crippen molar-refractivity contribution in [3.63, 3.8) is 0 Å². The Bertz CT molecular complexity index is 409. The number of halogens is 1. The lowest BCUT2D eigenvalue weighted by molar-refractivity contribution is -0.852. The number of piperidine rings is 1. The maximum Gasteiger partial charge on any atom is 0.170 e. The van der Waals surface area contributed by atoms with Gasteiger partial charge in [-0.05, 0) is 43.4 Å². The zero-order valence-electron chi connectivity index (χ0n) is 12.4. The van der Waals surface area contributed by atoms with Crippen molar-refractivity contribution in [2.45, 2.75) is 52.9 Å². The highest BCUT2D eigenvalue weighted by Crippen LogP contribution is 2.65. The van der Waals surface area contributed by atoms with E-state index >= 15 is 0 Å². The second-order valence-electron chi connectivity index (χ2n) is 7.29. The van der Waals surface area contributed by atoms with E-state index in [9.17, 15) is 4.79 Å². The van der Waals surface area contributed by atoms with Crippen molar-refractivity contribution in [2.24, 2.45) is 16.7 Å². The van der Waals surface area contributed by atoms with Crippen LogP contribution in [-0.2, 0) is 4.79 Å². The highest BCUT2D eigenvalue weighted by atomic mass is 35.5. The molecule has 0 aromatic heterocycles. The summed E-state index contributed by atoms with van der Waals surface area (Å²) in [5.74, 6) is 0.978. The summed E-state index contributed by atoms with van der Waals surface area (Å²) in [6, 6.07) is 0. The monoisotopic (exact) mass is 283 g/mol. The van der Waals surface area contributed by atoms with Crippen LogP contribution in [0.5, 0.6) is 0 Å². The van der Waals surface area contributed by atoms with Gasteiger partial charge in [0.1, 0.15) is 6.20 Å². The van der Waals surface area contributed by atoms with Crippen LogP contribution >= 0.6 is 0 Å². The number of likely N-dealkylation sites (tertiary alicyclic amines) is 1. The summed E-state index contributed by atoms with van der Waals surface area (Å²) in [4.78, 5) is 14.2. The number of Topliss-reactive ketones (excluding diaryl/α,β-unsaturated/α-hetero) is 1. The van der Waals surface area contributed by atoms with Crippen LogP contribution in [-0.4, -0.2) is 18.9 Å². The third-order valence-electron chi connectivity index (χ3n) is 6.22. The van der Waals surface area contributed by atoms with Gasteiger partial charge in [0.25, 0.3) is 0 Å². The van der Waals surface area contributed by atoms with Crippen LogP contribution in [0.4, 0.5) is 0 Å². The molecule has 3 fully saturated rings. The Labute approximate surface area is 123 Å². The molecule has 1 saturated heterocycles. The molecule has 0 spiro atoms. The van der Waals surface area contributed by atoms with Gasteiger partial charge in [-0.1, -0.05) is 20.8 Å². The number of carbonyl (C=O) groups is 1. The molecule has 3 aliphatic rings. The summed E-state index contributed by atoms with van der Waals surface area (Å²) in [6.45, 7) is 9.24. The molecule has 108 valence electrons. The number of fused-ring (bicyclic) bond motifs is 2. The maximum absolute atomic E-state index is 12.7. The molecule has 1 N–H and O–H groups in total. The fraction of sp³-hybridized carbons (Fsp3) is 0.812. The van der Waals surface area contributed by atoms with E-state index in [0.29, 0.717) is 11.7 Å². The van der Waals surface area contributed by atoms with E-state index in [1.807, 2.05) is 0 Å². The van der Waals surface area contributed by atoms with Crippen LogP contribution in [0, 0.1) is 16.7 Å². The summed E-state index contributed by atoms with van der Waals surface area (Å²) < 4.78 is 0. The highest BCUT2D eigenvalue weighted by Gasteiger charge is 2.64. The molecular formula is C16H26ClNO. The van der Waals surface area contributed by atoms with Crippen molar-refractivity contribution in [3.05, 3.63) is 11.8 Å². The quantitative estimate of drug-likeness (QED) is 0.611. The molecule has 0 amide bonds. The number of carbonyl (C=O) groups excluding carboxylic acids is 1. The van der Waals surface area contributed by atoms with Gasteiger partial charge in [0, 0.05) is 5.41 Å². The Hall–Kier alpha value is -0.340. The van der Waals surface area contributed by atoms with Crippen molar-refractivity contribution < 1.29 is 22.1 Å². The average Bonchev–Trinajstić information content (AvgIpc) is 2.65. The Morgan fingerprint density at radius 2 is 1.79 bits per heavy atom. The van der Waals surface area contributed by atoms with E-state index in [1.165, 1.54) is 49.2 Å². The van der Waals surface area contributed by atoms with E-state index in [4.69, 9.17) is 0 Å². The first-order valence-corrected chi connectivity index (χ1v) is 7.58. The molecule has 0 aromatic carbocycles. The van der Waals surface area contributed by atoms with Gasteiger partial charge in [0.15, 0.2) is 5.78 Å². The zero-order chi connectivity index (χ0) is 13.0. The Morgan fingerprint density at radius 1 is 1.16 bits per heavy atom. The number of rotatable bonds is 1. The molecule has 2 atom stereocenters. The van der Waals surface area contributed by atoms with Crippen molar-refractivity contribution in [1.82, 2.24) is 0 Å². The zero-order valence-corrected chi connectivity index (χ0v) is 13.1. The lowest BCUT2D eigenvalue weighted by Crippen LogP contribution is -3.08. The Balaban J connectivity index is 0.00000133. The van der Waals surface area contributed by atoms with Gasteiger partial charge in [-0.2, -0.15) is 0 Å². The molecule has 2 aliphatic carbocycles. The molecule has 2 unspecified atom stereocenters. The van der Waals surface area contributed by atoms with E-state index in [2.05, 4.69) is 27.0 Å². The topological polar surface area (TPSA) is 21.5 Å². The normalized spacial score (nSPS) is 39.6. The molecule has 2 bridgehead atoms. The minimum Gasteiger partial charge on any atom is -1.00 e. The van der Waals surface area contributed by atoms with Crippen LogP contribution in [0.2, 0.25) is 0 Å². The fourth-order valence-electron chi connectivity index (χ4n) is 4.46. The van der Waals surface area contributed by atoms with Crippen molar-refractivity contribution >= 4 is 5.78 Å². The van der Waals surface area contributed by atoms with Gasteiger partial charge >= 0.3 is 0 Å². The van der Waals surface area contributed by atoms with Gasteiger partial charge < -0.3 is 17.3 Å². The van der Waals surface area contributed by atoms with E-state index in [0.717, 1.165) is 6.42 Å². The number of ketones is 1. The predicted molar refractivity (Wildman–Crippen MR) is 72.2 cm³/mol. The molecule has 0 radical (unpaired) electrons. The summed E-state index contributed by atoms with van der Waals surface area (Å²) in [5.41, 5.74) is 1.26. The lowest BCUT2D eigenvalue weighted by atomic mass is 9.70. The average molecular weight is 284 g/mol. The van der Waals surface area contributed by atoms with Crippen LogP contribution in [0.1, 0.15) is 52.9 Å². The van der Waals surface area contributed by atoms with Crippen molar-refractivity contribution in [1.29, 1.82) is 0 Å². The van der Waals surface area contributed by atoms with E-state index in [1.54, 1.807) is 0 Å². The van der Waals surface area contributed by atoms with Gasteiger partial charge in [-0.15, -0.1) is 0 Å². The molecule has 2 saturated carbocycles. The van der Waals surface area contributed by atoms with Gasteiger partial charge in [-0.3, -0.25) is 4.79 Å². The minimum atomic E-state index is -0.0846. The van der Waals surface area contributed by atoms with Crippen LogP contribution in [0.15, 0.2) is 11.8 Å². The number of allylic oxidation sites excluding steroid dienone is 1. The largest absolute Gasteiger partial charge is 1.00 e. The molecule has 19 heavy (non-hydrogen) atoms. The summed E-state index contributed by atoms with van der Waals surface area (Å²) >= 11 is 0. The second kappa shape index (κ2) is 4.89. The van der Waals surface area contributed by atoms with E-state index < -0.39 is 0 Å². The van der Waals surface area contributed by atoms with Crippen LogP contribution in [0.25, 0.3) is 0 Å². The standard InChI is InChI=1S/C16H25NO.ClH/c1-15(2)13-7-8-16(15,3)14(18)12(13)11-17-9-5-4-6-10-17;/h11,13H,4-10H2,1-3H3;1H. The van der Waals surface area contributed by atoms with Gasteiger partial charge in [0.2, 0.25) is 0 Å². The lowest BCUT2D eigenvalue weighted by Gasteiger charge is -2.31. The molecule has 3 rings (SSSR count). The van der Waals surface area contributed by atoms with Crippen molar-refractivity contribution in [2.75, 3.05) is 13.1 Å². The Morgan fingerprint density at radius 3 is 2.32 bits per heavy atom. The minimum absolute atomic E-state index is 0. The summed E-state index contributed by atoms with van der Waals surface area (Å²) in [6.07, 6.45) is 8.62. The molecule has 1 aliphatic heterocycles. The molecule has 1 heterocycles. The summed E-state index contributed by atoms with van der Waals surface area (Å²) in [5, 5.41) is 0. The predicted octanol–water partition coefficient (Wildman–Crippen LogP) is -1.03. The number of hydrogen-bond acceptors (Lipinski definition) is 1. The van der Waals surface area contributed by atoms with Crippen LogP contribution < -0.4 is 17.3 Å². The smallest absolute Gasteiger partial charge is 0.170 e. The maximum atomic E-state index is 12.7. The molecule has 3 heteroatoms. The van der Waals surface area contributed by atoms with Crippen molar-refractivity contribution in [3.8, 4) is 0 Å². The first kappa shape index (κ1) is 15.1. The number of hydrogen-bond donors (Lipinski definition) is 1. The first-order valence-electron chi connectivity index (χ1n) is 7.58. The third kappa shape index (κ3) is 1.99. The SMILES string of the molecule is CC12CCC(C(=C[NH+]3CCCCC3)C1=O)C2(C)C.[Cl-]. The first-order chi connectivity index (χ1) is 8.47. The second-order valence-corrected chi connectivity index (χ2v) is 7.29. The number of quaternary nitrogens is 1. The van der Waals surface area contributed by atoms with Crippen LogP contribution in [0.3, 0.4) is 0 Å². The number of nitrogens with one attached hydrogen (secondary N) is 1. The highest BCUT2D eigenvalue weighted by molar-refractivity contribution is 6.04. The Kier molecular flexibility index (Phi) is 3.88. The van der Waals surface area contributed by atoms with Gasteiger partial charge in [-0.25, -0.2) is 0 Å². The summed E-state index contributed by atoms with van der Waals surface area (Å²) in [7, 11) is 0. The van der Waals surface area contributed by atoms with Gasteiger partial charge in [0.05, 0.1) is 18.7 Å². The molecule has 0 aromatic rings. The fourth-order valence-corrected chi connectivity index (χ4v) is 4.46.